The van der Waals surface area contributed by atoms with Gasteiger partial charge in [-0.1, -0.05) is 6.08 Å². The van der Waals surface area contributed by atoms with Gasteiger partial charge in [-0.05, 0) is 58.3 Å². The normalized spacial score (nSPS) is 12.9. The minimum Gasteiger partial charge on any atom is -0.450 e. The molecule has 0 atom stereocenters. The van der Waals surface area contributed by atoms with Gasteiger partial charge in [0.2, 0.25) is 0 Å². The molecule has 0 unspecified atom stereocenters. The van der Waals surface area contributed by atoms with Gasteiger partial charge in [-0.2, -0.15) is 0 Å². The molecule has 0 aliphatic heterocycles. The fourth-order valence-electron chi connectivity index (χ4n) is 2.18. The van der Waals surface area contributed by atoms with Gasteiger partial charge in [-0.15, -0.1) is 6.58 Å². The van der Waals surface area contributed by atoms with E-state index in [1.54, 1.807) is 6.08 Å². The average Bonchev–Trinajstić information content (AvgIpc) is 2.27. The first-order chi connectivity index (χ1) is 9.87. The Labute approximate surface area is 138 Å². The highest BCUT2D eigenvalue weighted by Gasteiger charge is 2.39. The van der Waals surface area contributed by atoms with Crippen LogP contribution in [-0.2, 0) is 13.0 Å². The predicted molar refractivity (Wildman–Crippen MR) is 99.5 cm³/mol. The third kappa shape index (κ3) is 12.2. The Morgan fingerprint density at radius 3 is 1.95 bits per heavy atom. The first-order valence-corrected chi connectivity index (χ1v) is 17.1. The van der Waals surface area contributed by atoms with Gasteiger partial charge in [-0.3, -0.25) is 0 Å². The Morgan fingerprint density at radius 2 is 1.55 bits per heavy atom. The van der Waals surface area contributed by atoms with Crippen molar-refractivity contribution < 1.29 is 17.8 Å². The number of nitrogens with one attached hydrogen (secondary N) is 1. The van der Waals surface area contributed by atoms with Crippen molar-refractivity contribution >= 4 is 31.3 Å². The summed E-state index contributed by atoms with van der Waals surface area (Å²) in [6, 6.07) is 0.844. The topological polar surface area (TPSA) is 56.8 Å². The molecule has 0 saturated carbocycles. The zero-order chi connectivity index (χ0) is 17.4. The van der Waals surface area contributed by atoms with Crippen LogP contribution < -0.4 is 5.32 Å². The fraction of sp³-hybridized carbons (Fsp3) is 0.786. The highest BCUT2D eigenvalue weighted by atomic mass is 28.5. The lowest BCUT2D eigenvalue weighted by Crippen LogP contribution is -2.52. The smallest absolute Gasteiger partial charge is 0.407 e. The summed E-state index contributed by atoms with van der Waals surface area (Å²) in [6.45, 7) is 19.6. The Morgan fingerprint density at radius 1 is 1.05 bits per heavy atom. The average molecular weight is 364 g/mol. The van der Waals surface area contributed by atoms with E-state index in [0.29, 0.717) is 13.2 Å². The minimum atomic E-state index is -2.22. The molecule has 1 amide bonds. The molecule has 0 fully saturated rings. The van der Waals surface area contributed by atoms with Gasteiger partial charge in [0, 0.05) is 6.54 Å². The summed E-state index contributed by atoms with van der Waals surface area (Å²) >= 11 is 0. The summed E-state index contributed by atoms with van der Waals surface area (Å²) in [5.41, 5.74) is 0. The maximum Gasteiger partial charge on any atom is 0.407 e. The third-order valence-corrected chi connectivity index (χ3v) is 12.1. The Balaban J connectivity index is 4.41. The molecule has 0 aromatic carbocycles. The van der Waals surface area contributed by atoms with Crippen LogP contribution in [0.4, 0.5) is 4.79 Å². The summed E-state index contributed by atoms with van der Waals surface area (Å²) in [5.74, 6) is 0. The number of carbonyl (C=O) groups excluding carboxylic acids is 1. The van der Waals surface area contributed by atoms with E-state index >= 15 is 0 Å². The Kier molecular flexibility index (Phi) is 8.85. The van der Waals surface area contributed by atoms with Crippen LogP contribution in [0.3, 0.4) is 0 Å². The summed E-state index contributed by atoms with van der Waals surface area (Å²) in [6.07, 6.45) is 1.98. The standard InChI is InChI=1S/C14H33NO4Si3/c1-9-11-15-14(16)17-12-10-13-22(8,18-20(2,3)4)19-21(5,6)7/h9H,1,10-13H2,2-8H3,(H,15,16). The molecular weight excluding hydrogens is 330 g/mol. The molecular formula is C14H33NO4Si3. The number of carbonyl (C=O) groups is 1. The van der Waals surface area contributed by atoms with Crippen molar-refractivity contribution in [3.05, 3.63) is 12.7 Å². The molecule has 0 aromatic heterocycles. The van der Waals surface area contributed by atoms with Gasteiger partial charge in [0.05, 0.1) is 6.61 Å². The molecule has 22 heavy (non-hydrogen) atoms. The second-order valence-electron chi connectivity index (χ2n) is 7.47. The lowest BCUT2D eigenvalue weighted by Gasteiger charge is -2.38. The Hall–Kier alpha value is -0.419. The molecule has 0 aromatic rings. The van der Waals surface area contributed by atoms with Crippen molar-refractivity contribution in [2.45, 2.75) is 58.3 Å². The molecule has 5 nitrogen and oxygen atoms in total. The molecule has 0 aliphatic rings. The van der Waals surface area contributed by atoms with Crippen LogP contribution in [0.5, 0.6) is 0 Å². The highest BCUT2D eigenvalue weighted by Crippen LogP contribution is 2.25. The second-order valence-corrected chi connectivity index (χ2v) is 20.3. The van der Waals surface area contributed by atoms with Gasteiger partial charge in [-0.25, -0.2) is 4.79 Å². The number of ether oxygens (including phenoxy) is 1. The van der Waals surface area contributed by atoms with E-state index < -0.39 is 31.3 Å². The van der Waals surface area contributed by atoms with Crippen molar-refractivity contribution in [2.75, 3.05) is 13.2 Å². The maximum atomic E-state index is 11.4. The van der Waals surface area contributed by atoms with Crippen LogP contribution >= 0.6 is 0 Å². The molecule has 0 aliphatic carbocycles. The summed E-state index contributed by atoms with van der Waals surface area (Å²) in [7, 11) is -5.55. The lowest BCUT2D eigenvalue weighted by atomic mass is 10.5. The van der Waals surface area contributed by atoms with E-state index in [4.69, 9.17) is 13.0 Å². The maximum absolute atomic E-state index is 11.4. The SMILES string of the molecule is C=CCNC(=O)OCCC[Si](C)(O[Si](C)(C)C)O[Si](C)(C)C. The largest absolute Gasteiger partial charge is 0.450 e. The van der Waals surface area contributed by atoms with Crippen LogP contribution in [0.2, 0.25) is 51.9 Å². The van der Waals surface area contributed by atoms with E-state index in [2.05, 4.69) is 57.7 Å². The van der Waals surface area contributed by atoms with Crippen molar-refractivity contribution in [1.29, 1.82) is 0 Å². The summed E-state index contributed by atoms with van der Waals surface area (Å²) in [5, 5.41) is 2.59. The molecule has 0 rings (SSSR count). The van der Waals surface area contributed by atoms with Crippen molar-refractivity contribution in [1.82, 2.24) is 5.32 Å². The van der Waals surface area contributed by atoms with Crippen molar-refractivity contribution in [2.24, 2.45) is 0 Å². The summed E-state index contributed by atoms with van der Waals surface area (Å²) in [4.78, 5) is 11.4. The van der Waals surface area contributed by atoms with Gasteiger partial charge >= 0.3 is 14.7 Å². The van der Waals surface area contributed by atoms with Gasteiger partial charge in [0.15, 0.2) is 16.6 Å². The summed E-state index contributed by atoms with van der Waals surface area (Å²) < 4.78 is 17.9. The molecule has 0 heterocycles. The van der Waals surface area contributed by atoms with Gasteiger partial charge < -0.3 is 18.3 Å². The van der Waals surface area contributed by atoms with Crippen molar-refractivity contribution in [3.8, 4) is 0 Å². The van der Waals surface area contributed by atoms with Crippen LogP contribution in [0.15, 0.2) is 12.7 Å². The third-order valence-electron chi connectivity index (χ3n) is 2.44. The number of alkyl carbamates (subject to hydrolysis) is 1. The van der Waals surface area contributed by atoms with Crippen LogP contribution in [0, 0.1) is 0 Å². The molecule has 130 valence electrons. The zero-order valence-corrected chi connectivity index (χ0v) is 18.2. The second kappa shape index (κ2) is 9.02. The van der Waals surface area contributed by atoms with Crippen LogP contribution in [0.1, 0.15) is 6.42 Å². The number of hydrogen-bond acceptors (Lipinski definition) is 4. The van der Waals surface area contributed by atoms with E-state index in [1.165, 1.54) is 0 Å². The van der Waals surface area contributed by atoms with Crippen LogP contribution in [-0.4, -0.2) is 44.4 Å². The molecule has 0 saturated heterocycles. The molecule has 1 N–H and O–H groups in total. The predicted octanol–water partition coefficient (Wildman–Crippen LogP) is 4.06. The Bertz CT molecular complexity index is 348. The van der Waals surface area contributed by atoms with Crippen molar-refractivity contribution in [3.63, 3.8) is 0 Å². The number of amides is 1. The minimum absolute atomic E-state index is 0.385. The van der Waals surface area contributed by atoms with Crippen LogP contribution in [0.25, 0.3) is 0 Å². The molecule has 0 bridgehead atoms. The molecule has 8 heteroatoms. The quantitative estimate of drug-likeness (QED) is 0.361. The van der Waals surface area contributed by atoms with E-state index in [1.807, 2.05) is 0 Å². The van der Waals surface area contributed by atoms with E-state index in [0.717, 1.165) is 12.5 Å². The highest BCUT2D eigenvalue weighted by molar-refractivity contribution is 6.87. The molecule has 0 radical (unpaired) electrons. The fourth-order valence-corrected chi connectivity index (χ4v) is 14.7. The number of hydrogen-bond donors (Lipinski definition) is 1. The zero-order valence-electron chi connectivity index (χ0n) is 15.2. The first kappa shape index (κ1) is 21.6. The lowest BCUT2D eigenvalue weighted by molar-refractivity contribution is 0.146. The number of rotatable bonds is 10. The van der Waals surface area contributed by atoms with E-state index in [-0.39, 0.29) is 0 Å². The molecule has 0 spiro atoms. The van der Waals surface area contributed by atoms with Gasteiger partial charge in [0.25, 0.3) is 0 Å². The van der Waals surface area contributed by atoms with E-state index in [9.17, 15) is 4.79 Å². The monoisotopic (exact) mass is 363 g/mol. The first-order valence-electron chi connectivity index (χ1n) is 7.79. The van der Waals surface area contributed by atoms with Gasteiger partial charge in [0.1, 0.15) is 0 Å².